The van der Waals surface area contributed by atoms with Crippen LogP contribution in [0.3, 0.4) is 0 Å². The van der Waals surface area contributed by atoms with Crippen LogP contribution in [-0.2, 0) is 6.54 Å². The van der Waals surface area contributed by atoms with E-state index in [-0.39, 0.29) is 12.5 Å². The van der Waals surface area contributed by atoms with Crippen LogP contribution in [-0.4, -0.2) is 21.0 Å². The fourth-order valence-corrected chi connectivity index (χ4v) is 2.54. The first-order valence-corrected chi connectivity index (χ1v) is 7.53. The van der Waals surface area contributed by atoms with Crippen molar-refractivity contribution in [3.05, 3.63) is 72.2 Å². The van der Waals surface area contributed by atoms with Gasteiger partial charge in [-0.25, -0.2) is 0 Å². The topological polar surface area (TPSA) is 83.8 Å². The lowest BCUT2D eigenvalue weighted by molar-refractivity contribution is 0.0951. The molecular weight excluding hydrogens is 304 g/mol. The second-order valence-electron chi connectivity index (χ2n) is 5.31. The van der Waals surface area contributed by atoms with Crippen LogP contribution < -0.4 is 5.32 Å². The molecule has 2 heterocycles. The van der Waals surface area contributed by atoms with Gasteiger partial charge in [-0.15, -0.1) is 0 Å². The van der Waals surface area contributed by atoms with E-state index < -0.39 is 0 Å². The highest BCUT2D eigenvalue weighted by Crippen LogP contribution is 2.18. The number of para-hydroxylation sites is 1. The number of carbonyl (C=O) groups is 1. The Balaban J connectivity index is 1.47. The number of nitrogens with zero attached hydrogens (tertiary/aromatic N) is 2. The molecule has 1 amide bonds. The summed E-state index contributed by atoms with van der Waals surface area (Å²) in [7, 11) is 0. The molecule has 0 aliphatic carbocycles. The van der Waals surface area contributed by atoms with Gasteiger partial charge < -0.3 is 14.8 Å². The summed E-state index contributed by atoms with van der Waals surface area (Å²) in [4.78, 5) is 19.7. The van der Waals surface area contributed by atoms with Gasteiger partial charge in [0.2, 0.25) is 0 Å². The summed E-state index contributed by atoms with van der Waals surface area (Å²) in [5, 5.41) is 7.60. The molecule has 0 saturated heterocycles. The van der Waals surface area contributed by atoms with Crippen LogP contribution in [0.1, 0.15) is 16.2 Å². The highest BCUT2D eigenvalue weighted by molar-refractivity contribution is 6.06. The second kappa shape index (κ2) is 6.00. The molecule has 2 N–H and O–H groups in total. The first kappa shape index (κ1) is 14.2. The van der Waals surface area contributed by atoms with Crippen LogP contribution >= 0.6 is 0 Å². The summed E-state index contributed by atoms with van der Waals surface area (Å²) in [6.45, 7) is 0.203. The van der Waals surface area contributed by atoms with Gasteiger partial charge in [0, 0.05) is 22.7 Å². The lowest BCUT2D eigenvalue weighted by Gasteiger charge is -2.00. The van der Waals surface area contributed by atoms with E-state index in [1.807, 2.05) is 54.6 Å². The molecule has 0 aliphatic rings. The summed E-state index contributed by atoms with van der Waals surface area (Å²) in [6.07, 6.45) is 1.70. The first-order chi connectivity index (χ1) is 11.8. The molecule has 0 bridgehead atoms. The number of carbonyl (C=O) groups excluding carboxylic acids is 1. The number of fused-ring (bicyclic) bond motifs is 1. The summed E-state index contributed by atoms with van der Waals surface area (Å²) in [5.41, 5.74) is 2.37. The molecule has 0 radical (unpaired) electrons. The Morgan fingerprint density at radius 2 is 1.88 bits per heavy atom. The lowest BCUT2D eigenvalue weighted by atomic mass is 10.1. The van der Waals surface area contributed by atoms with E-state index in [0.717, 1.165) is 16.5 Å². The molecule has 4 aromatic rings. The van der Waals surface area contributed by atoms with E-state index in [9.17, 15) is 4.79 Å². The Bertz CT molecular complexity index is 988. The monoisotopic (exact) mass is 318 g/mol. The van der Waals surface area contributed by atoms with Gasteiger partial charge in [-0.05, 0) is 18.2 Å². The molecule has 0 saturated carbocycles. The standard InChI is InChI=1S/C18H14N4O2/c23-17(14-10-19-15-9-5-4-8-13(14)15)20-11-16-21-18(24-22-16)12-6-2-1-3-7-12/h1-10,19H,11H2,(H,20,23). The van der Waals surface area contributed by atoms with Crippen molar-refractivity contribution in [3.8, 4) is 11.5 Å². The molecule has 0 atom stereocenters. The van der Waals surface area contributed by atoms with Crippen LogP contribution in [0, 0.1) is 0 Å². The van der Waals surface area contributed by atoms with Crippen molar-refractivity contribution < 1.29 is 9.32 Å². The maximum Gasteiger partial charge on any atom is 0.257 e. The molecule has 2 aromatic heterocycles. The zero-order chi connectivity index (χ0) is 16.4. The molecule has 118 valence electrons. The van der Waals surface area contributed by atoms with Gasteiger partial charge in [-0.1, -0.05) is 41.6 Å². The number of aromatic amines is 1. The van der Waals surface area contributed by atoms with Gasteiger partial charge >= 0.3 is 0 Å². The smallest absolute Gasteiger partial charge is 0.257 e. The van der Waals surface area contributed by atoms with Gasteiger partial charge in [0.25, 0.3) is 11.8 Å². The van der Waals surface area contributed by atoms with Gasteiger partial charge in [0.05, 0.1) is 12.1 Å². The molecule has 4 rings (SSSR count). The van der Waals surface area contributed by atoms with E-state index in [1.54, 1.807) is 6.20 Å². The zero-order valence-corrected chi connectivity index (χ0v) is 12.7. The van der Waals surface area contributed by atoms with E-state index in [4.69, 9.17) is 4.52 Å². The summed E-state index contributed by atoms with van der Waals surface area (Å²) in [6, 6.07) is 17.2. The SMILES string of the molecule is O=C(NCc1noc(-c2ccccc2)n1)c1c[nH]c2ccccc12. The Kier molecular flexibility index (Phi) is 3.55. The summed E-state index contributed by atoms with van der Waals surface area (Å²) < 4.78 is 5.23. The molecule has 0 unspecified atom stereocenters. The average molecular weight is 318 g/mol. The molecular formula is C18H14N4O2. The minimum atomic E-state index is -0.182. The van der Waals surface area contributed by atoms with Crippen LogP contribution in [0.15, 0.2) is 65.3 Å². The Hall–Kier alpha value is -3.41. The highest BCUT2D eigenvalue weighted by Gasteiger charge is 2.13. The van der Waals surface area contributed by atoms with E-state index in [2.05, 4.69) is 20.4 Å². The van der Waals surface area contributed by atoms with Crippen molar-refractivity contribution in [1.29, 1.82) is 0 Å². The number of H-pyrrole nitrogens is 1. The van der Waals surface area contributed by atoms with Crippen LogP contribution in [0.2, 0.25) is 0 Å². The van der Waals surface area contributed by atoms with Crippen molar-refractivity contribution in [3.63, 3.8) is 0 Å². The maximum absolute atomic E-state index is 12.4. The predicted molar refractivity (Wildman–Crippen MR) is 89.2 cm³/mol. The fraction of sp³-hybridized carbons (Fsp3) is 0.0556. The van der Waals surface area contributed by atoms with Gasteiger partial charge in [-0.2, -0.15) is 4.98 Å². The highest BCUT2D eigenvalue weighted by atomic mass is 16.5. The normalized spacial score (nSPS) is 10.8. The molecule has 24 heavy (non-hydrogen) atoms. The molecule has 0 aliphatic heterocycles. The van der Waals surface area contributed by atoms with E-state index >= 15 is 0 Å². The number of rotatable bonds is 4. The third-order valence-corrected chi connectivity index (χ3v) is 3.73. The third-order valence-electron chi connectivity index (χ3n) is 3.73. The maximum atomic E-state index is 12.4. The van der Waals surface area contributed by atoms with Crippen LogP contribution in [0.25, 0.3) is 22.4 Å². The van der Waals surface area contributed by atoms with E-state index in [0.29, 0.717) is 17.3 Å². The Morgan fingerprint density at radius 1 is 1.08 bits per heavy atom. The van der Waals surface area contributed by atoms with Crippen molar-refractivity contribution in [2.75, 3.05) is 0 Å². The number of hydrogen-bond acceptors (Lipinski definition) is 4. The number of nitrogens with one attached hydrogen (secondary N) is 2. The summed E-state index contributed by atoms with van der Waals surface area (Å²) >= 11 is 0. The molecule has 6 heteroatoms. The number of hydrogen-bond donors (Lipinski definition) is 2. The molecule has 6 nitrogen and oxygen atoms in total. The minimum Gasteiger partial charge on any atom is -0.360 e. The number of amides is 1. The molecule has 0 fully saturated rings. The summed E-state index contributed by atoms with van der Waals surface area (Å²) in [5.74, 6) is 0.687. The van der Waals surface area contributed by atoms with Crippen LogP contribution in [0.5, 0.6) is 0 Å². The Morgan fingerprint density at radius 3 is 2.75 bits per heavy atom. The number of benzene rings is 2. The quantitative estimate of drug-likeness (QED) is 0.605. The van der Waals surface area contributed by atoms with Gasteiger partial charge in [0.1, 0.15) is 0 Å². The largest absolute Gasteiger partial charge is 0.360 e. The minimum absolute atomic E-state index is 0.182. The van der Waals surface area contributed by atoms with Crippen molar-refractivity contribution in [1.82, 2.24) is 20.4 Å². The first-order valence-electron chi connectivity index (χ1n) is 7.53. The van der Waals surface area contributed by atoms with Crippen molar-refractivity contribution in [2.24, 2.45) is 0 Å². The molecule has 0 spiro atoms. The molecule has 2 aromatic carbocycles. The Labute approximate surface area is 137 Å². The van der Waals surface area contributed by atoms with Gasteiger partial charge in [-0.3, -0.25) is 4.79 Å². The second-order valence-corrected chi connectivity index (χ2v) is 5.31. The lowest BCUT2D eigenvalue weighted by Crippen LogP contribution is -2.23. The van der Waals surface area contributed by atoms with Crippen molar-refractivity contribution >= 4 is 16.8 Å². The van der Waals surface area contributed by atoms with Crippen molar-refractivity contribution in [2.45, 2.75) is 6.54 Å². The third kappa shape index (κ3) is 2.65. The van der Waals surface area contributed by atoms with Crippen LogP contribution in [0.4, 0.5) is 0 Å². The average Bonchev–Trinajstić information content (AvgIpc) is 3.27. The predicted octanol–water partition coefficient (Wildman–Crippen LogP) is 3.15. The number of aromatic nitrogens is 3. The van der Waals surface area contributed by atoms with Gasteiger partial charge in [0.15, 0.2) is 5.82 Å². The zero-order valence-electron chi connectivity index (χ0n) is 12.7. The fourth-order valence-electron chi connectivity index (χ4n) is 2.54. The van der Waals surface area contributed by atoms with E-state index in [1.165, 1.54) is 0 Å².